The molecule has 0 aliphatic carbocycles. The van der Waals surface area contributed by atoms with Gasteiger partial charge in [-0.25, -0.2) is 5.84 Å². The topological polar surface area (TPSA) is 102 Å². The van der Waals surface area contributed by atoms with Crippen molar-refractivity contribution in [2.75, 3.05) is 0 Å². The van der Waals surface area contributed by atoms with E-state index in [4.69, 9.17) is 17.4 Å². The molecular formula is C2H7N5S. The van der Waals surface area contributed by atoms with E-state index < -0.39 is 0 Å². The van der Waals surface area contributed by atoms with Crippen LogP contribution in [0.15, 0.2) is 5.10 Å². The molecular weight excluding hydrogens is 126 g/mol. The van der Waals surface area contributed by atoms with Gasteiger partial charge in [0.2, 0.25) is 0 Å². The van der Waals surface area contributed by atoms with Gasteiger partial charge in [0.05, 0.1) is 0 Å². The molecule has 0 radical (unpaired) electrons. The van der Waals surface area contributed by atoms with Crippen molar-refractivity contribution in [2.45, 2.75) is 0 Å². The van der Waals surface area contributed by atoms with Crippen molar-refractivity contribution in [3.63, 3.8) is 0 Å². The Labute approximate surface area is 51.9 Å². The third-order valence-corrected chi connectivity index (χ3v) is 0.830. The number of hydrogen-bond donors (Lipinski definition) is 4. The average Bonchev–Trinajstić information content (AvgIpc) is 1.84. The molecule has 0 bridgehead atoms. The molecule has 0 amide bonds. The highest BCUT2D eigenvalue weighted by molar-refractivity contribution is 7.82. The zero-order valence-corrected chi connectivity index (χ0v) is 4.90. The summed E-state index contributed by atoms with van der Waals surface area (Å²) in [6.45, 7) is 0. The second-order valence-electron chi connectivity index (χ2n) is 0.988. The molecule has 0 saturated heterocycles. The lowest BCUT2D eigenvalue weighted by Gasteiger charge is -1.96. The number of nitrogens with zero attached hydrogens (tertiary/aromatic N) is 1. The lowest BCUT2D eigenvalue weighted by molar-refractivity contribution is 1.05. The predicted molar refractivity (Wildman–Crippen MR) is 35.7 cm³/mol. The van der Waals surface area contributed by atoms with Gasteiger partial charge in [0, 0.05) is 0 Å². The lowest BCUT2D eigenvalue weighted by Crippen LogP contribution is -2.39. The second-order valence-corrected chi connectivity index (χ2v) is 1.40. The highest BCUT2D eigenvalue weighted by Crippen LogP contribution is 1.65. The molecule has 0 aliphatic rings. The summed E-state index contributed by atoms with van der Waals surface area (Å²) in [5.41, 5.74) is 7.18. The summed E-state index contributed by atoms with van der Waals surface area (Å²) in [6.07, 6.45) is 0. The van der Waals surface area contributed by atoms with E-state index in [-0.39, 0.29) is 10.8 Å². The fourth-order valence-corrected chi connectivity index (χ4v) is 0.185. The fourth-order valence-electron chi connectivity index (χ4n) is 0.133. The summed E-state index contributed by atoms with van der Waals surface area (Å²) in [4.78, 5) is 0.146. The van der Waals surface area contributed by atoms with Gasteiger partial charge in [0.25, 0.3) is 0 Å². The molecule has 0 aromatic rings. The number of amidine groups is 1. The SMILES string of the molecule is N/N=C(\N)C(=S)NN. The minimum atomic E-state index is 0.0301. The molecule has 5 nitrogen and oxygen atoms in total. The van der Waals surface area contributed by atoms with Crippen LogP contribution < -0.4 is 22.8 Å². The van der Waals surface area contributed by atoms with Crippen LogP contribution in [0.25, 0.3) is 0 Å². The zero-order chi connectivity index (χ0) is 6.57. The van der Waals surface area contributed by atoms with Crippen LogP contribution >= 0.6 is 12.2 Å². The van der Waals surface area contributed by atoms with E-state index in [0.717, 1.165) is 0 Å². The quantitative estimate of drug-likeness (QED) is 0.101. The Morgan fingerprint density at radius 3 is 2.25 bits per heavy atom. The van der Waals surface area contributed by atoms with Gasteiger partial charge in [-0.15, -0.1) is 0 Å². The summed E-state index contributed by atoms with van der Waals surface area (Å²) >= 11 is 4.51. The van der Waals surface area contributed by atoms with Crippen LogP contribution in [0.5, 0.6) is 0 Å². The molecule has 0 fully saturated rings. The van der Waals surface area contributed by atoms with E-state index >= 15 is 0 Å². The number of thiocarbonyl (C=S) groups is 1. The first-order valence-electron chi connectivity index (χ1n) is 1.76. The van der Waals surface area contributed by atoms with E-state index in [1.54, 1.807) is 0 Å². The number of hydrazone groups is 1. The van der Waals surface area contributed by atoms with Gasteiger partial charge in [-0.1, -0.05) is 12.2 Å². The molecule has 0 unspecified atom stereocenters. The molecule has 0 spiro atoms. The molecule has 0 rings (SSSR count). The maximum Gasteiger partial charge on any atom is 0.179 e. The third kappa shape index (κ3) is 1.71. The smallest absolute Gasteiger partial charge is 0.179 e. The number of nitrogens with two attached hydrogens (primary N) is 3. The van der Waals surface area contributed by atoms with Gasteiger partial charge in [-0.05, 0) is 0 Å². The molecule has 8 heavy (non-hydrogen) atoms. The Morgan fingerprint density at radius 1 is 1.62 bits per heavy atom. The monoisotopic (exact) mass is 133 g/mol. The highest BCUT2D eigenvalue weighted by atomic mass is 32.1. The first-order chi connectivity index (χ1) is 3.72. The summed E-state index contributed by atoms with van der Waals surface area (Å²) < 4.78 is 0. The van der Waals surface area contributed by atoms with Crippen molar-refractivity contribution < 1.29 is 0 Å². The van der Waals surface area contributed by atoms with Gasteiger partial charge in [0.15, 0.2) is 10.8 Å². The summed E-state index contributed by atoms with van der Waals surface area (Å²) in [5, 5.41) is 3.07. The molecule has 6 heteroatoms. The standard InChI is InChI=1S/C2H7N5S/c3-1(6-4)2(8)7-5/h4-5H2,(H2,3,6)(H,7,8). The molecule has 0 saturated carbocycles. The Balaban J connectivity index is 3.83. The minimum absolute atomic E-state index is 0.0301. The van der Waals surface area contributed by atoms with Gasteiger partial charge in [-0.3, -0.25) is 0 Å². The van der Waals surface area contributed by atoms with E-state index in [0.29, 0.717) is 0 Å². The minimum Gasteiger partial charge on any atom is -0.380 e. The third-order valence-electron chi connectivity index (χ3n) is 0.503. The van der Waals surface area contributed by atoms with Crippen molar-refractivity contribution in [3.8, 4) is 0 Å². The van der Waals surface area contributed by atoms with Crippen molar-refractivity contribution >= 4 is 23.0 Å². The Hall–Kier alpha value is -0.880. The molecule has 46 valence electrons. The summed E-state index contributed by atoms with van der Waals surface area (Å²) in [6, 6.07) is 0. The first-order valence-corrected chi connectivity index (χ1v) is 2.17. The molecule has 0 heterocycles. The van der Waals surface area contributed by atoms with E-state index in [9.17, 15) is 0 Å². The van der Waals surface area contributed by atoms with E-state index in [1.807, 2.05) is 0 Å². The Bertz CT molecular complexity index is 118. The van der Waals surface area contributed by atoms with Crippen LogP contribution in [0, 0.1) is 0 Å². The van der Waals surface area contributed by atoms with Crippen LogP contribution in [-0.4, -0.2) is 10.8 Å². The fraction of sp³-hybridized carbons (Fsp3) is 0. The van der Waals surface area contributed by atoms with Crippen LogP contribution in [0.2, 0.25) is 0 Å². The van der Waals surface area contributed by atoms with Gasteiger partial charge < -0.3 is 17.0 Å². The van der Waals surface area contributed by atoms with Crippen LogP contribution in [0.4, 0.5) is 0 Å². The first kappa shape index (κ1) is 7.12. The van der Waals surface area contributed by atoms with Gasteiger partial charge >= 0.3 is 0 Å². The number of hydrogen-bond acceptors (Lipinski definition) is 4. The summed E-state index contributed by atoms with van der Waals surface area (Å²) in [7, 11) is 0. The summed E-state index contributed by atoms with van der Waals surface area (Å²) in [5.74, 6) is 9.60. The van der Waals surface area contributed by atoms with E-state index in [2.05, 4.69) is 22.7 Å². The molecule has 0 aliphatic heterocycles. The molecule has 0 aromatic carbocycles. The molecule has 7 N–H and O–H groups in total. The normalized spacial score (nSPS) is 10.9. The van der Waals surface area contributed by atoms with Crippen molar-refractivity contribution in [2.24, 2.45) is 22.5 Å². The number of rotatable bonds is 0. The van der Waals surface area contributed by atoms with Crippen LogP contribution in [-0.2, 0) is 0 Å². The Morgan fingerprint density at radius 2 is 2.12 bits per heavy atom. The van der Waals surface area contributed by atoms with Crippen LogP contribution in [0.1, 0.15) is 0 Å². The van der Waals surface area contributed by atoms with Gasteiger partial charge in [0.1, 0.15) is 0 Å². The maximum absolute atomic E-state index is 5.07. The average molecular weight is 133 g/mol. The lowest BCUT2D eigenvalue weighted by atomic mass is 10.6. The van der Waals surface area contributed by atoms with Crippen molar-refractivity contribution in [3.05, 3.63) is 0 Å². The van der Waals surface area contributed by atoms with Crippen molar-refractivity contribution in [1.82, 2.24) is 5.43 Å². The maximum atomic E-state index is 5.07. The predicted octanol–water partition coefficient (Wildman–Crippen LogP) is -1.99. The molecule has 0 atom stereocenters. The zero-order valence-electron chi connectivity index (χ0n) is 4.09. The number of nitrogens with one attached hydrogen (secondary N) is 1. The Kier molecular flexibility index (Phi) is 2.82. The van der Waals surface area contributed by atoms with Gasteiger partial charge in [-0.2, -0.15) is 5.10 Å². The molecule has 0 aromatic heterocycles. The number of hydrazine groups is 1. The largest absolute Gasteiger partial charge is 0.380 e. The van der Waals surface area contributed by atoms with Crippen molar-refractivity contribution in [1.29, 1.82) is 0 Å². The van der Waals surface area contributed by atoms with E-state index in [1.165, 1.54) is 0 Å². The highest BCUT2D eigenvalue weighted by Gasteiger charge is 1.94. The second kappa shape index (κ2) is 3.16. The van der Waals surface area contributed by atoms with Crippen LogP contribution in [0.3, 0.4) is 0 Å².